The molecule has 112 valence electrons. The zero-order chi connectivity index (χ0) is 15.6. The van der Waals surface area contributed by atoms with Crippen molar-refractivity contribution in [1.82, 2.24) is 10.1 Å². The van der Waals surface area contributed by atoms with Crippen LogP contribution in [0, 0.1) is 19.7 Å². The number of nitrogens with zero attached hydrogens (tertiary/aromatic N) is 2. The molecule has 5 nitrogen and oxygen atoms in total. The third kappa shape index (κ3) is 3.60. The van der Waals surface area contributed by atoms with E-state index in [1.54, 1.807) is 14.0 Å². The number of aromatic nitrogens is 1. The number of anilines is 1. The molecule has 2 aromatic rings. The Hall–Kier alpha value is -1.89. The van der Waals surface area contributed by atoms with Crippen LogP contribution >= 0.6 is 15.9 Å². The van der Waals surface area contributed by atoms with Crippen LogP contribution < -0.4 is 5.32 Å². The van der Waals surface area contributed by atoms with Crippen molar-refractivity contribution in [2.45, 2.75) is 20.4 Å². The van der Waals surface area contributed by atoms with Gasteiger partial charge in [-0.1, -0.05) is 5.16 Å². The minimum absolute atomic E-state index is 0.303. The molecule has 7 heteroatoms. The van der Waals surface area contributed by atoms with Crippen LogP contribution in [0.3, 0.4) is 0 Å². The zero-order valence-electron chi connectivity index (χ0n) is 11.9. The zero-order valence-corrected chi connectivity index (χ0v) is 13.5. The van der Waals surface area contributed by atoms with Crippen molar-refractivity contribution >= 4 is 27.6 Å². The summed E-state index contributed by atoms with van der Waals surface area (Å²) in [6, 6.07) is 3.78. The summed E-state index contributed by atoms with van der Waals surface area (Å²) in [5, 5.41) is 6.56. The maximum Gasteiger partial charge on any atom is 0.321 e. The van der Waals surface area contributed by atoms with Crippen molar-refractivity contribution in [1.29, 1.82) is 0 Å². The Bertz CT molecular complexity index is 653. The van der Waals surface area contributed by atoms with E-state index in [9.17, 15) is 9.18 Å². The number of carbonyl (C=O) groups excluding carboxylic acids is 1. The first kappa shape index (κ1) is 15.5. The van der Waals surface area contributed by atoms with Crippen molar-refractivity contribution in [2.75, 3.05) is 12.4 Å². The highest BCUT2D eigenvalue weighted by Crippen LogP contribution is 2.23. The molecule has 2 amide bonds. The van der Waals surface area contributed by atoms with Gasteiger partial charge in [0, 0.05) is 17.1 Å². The van der Waals surface area contributed by atoms with E-state index < -0.39 is 0 Å². The number of amides is 2. The molecular formula is C14H15BrFN3O2. The number of hydrogen-bond acceptors (Lipinski definition) is 3. The summed E-state index contributed by atoms with van der Waals surface area (Å²) < 4.78 is 18.6. The Balaban J connectivity index is 2.06. The average molecular weight is 356 g/mol. The van der Waals surface area contributed by atoms with Crippen molar-refractivity contribution in [3.05, 3.63) is 45.5 Å². The van der Waals surface area contributed by atoms with E-state index in [1.807, 2.05) is 6.92 Å². The van der Waals surface area contributed by atoms with Gasteiger partial charge in [0.15, 0.2) is 0 Å². The summed E-state index contributed by atoms with van der Waals surface area (Å²) in [4.78, 5) is 13.6. The number of rotatable bonds is 3. The third-order valence-electron chi connectivity index (χ3n) is 3.10. The van der Waals surface area contributed by atoms with Crippen LogP contribution in [0.5, 0.6) is 0 Å². The number of halogens is 2. The predicted molar refractivity (Wildman–Crippen MR) is 80.6 cm³/mol. The molecule has 0 unspecified atom stereocenters. The van der Waals surface area contributed by atoms with Crippen LogP contribution in [-0.4, -0.2) is 23.1 Å². The number of aryl methyl sites for hydroxylation is 2. The van der Waals surface area contributed by atoms with Crippen molar-refractivity contribution in [3.8, 4) is 0 Å². The summed E-state index contributed by atoms with van der Waals surface area (Å²) in [5.74, 6) is 0.319. The summed E-state index contributed by atoms with van der Waals surface area (Å²) in [5.41, 5.74) is 2.15. The Kier molecular flexibility index (Phi) is 4.62. The van der Waals surface area contributed by atoms with Gasteiger partial charge in [0.25, 0.3) is 0 Å². The van der Waals surface area contributed by atoms with E-state index in [0.717, 1.165) is 11.3 Å². The molecule has 0 spiro atoms. The SMILES string of the molecule is Cc1noc(C)c1CN(C)C(=O)Nc1ccc(F)cc1Br. The molecule has 1 heterocycles. The number of urea groups is 1. The summed E-state index contributed by atoms with van der Waals surface area (Å²) in [6.45, 7) is 4.01. The van der Waals surface area contributed by atoms with E-state index in [0.29, 0.717) is 22.5 Å². The highest BCUT2D eigenvalue weighted by molar-refractivity contribution is 9.10. The Morgan fingerprint density at radius 3 is 2.76 bits per heavy atom. The minimum Gasteiger partial charge on any atom is -0.361 e. The predicted octanol–water partition coefficient (Wildman–Crippen LogP) is 3.86. The van der Waals surface area contributed by atoms with Gasteiger partial charge >= 0.3 is 6.03 Å². The van der Waals surface area contributed by atoms with Gasteiger partial charge in [0.2, 0.25) is 0 Å². The van der Waals surface area contributed by atoms with Crippen LogP contribution in [-0.2, 0) is 6.54 Å². The average Bonchev–Trinajstić information content (AvgIpc) is 2.73. The normalized spacial score (nSPS) is 10.5. The molecule has 0 radical (unpaired) electrons. The lowest BCUT2D eigenvalue weighted by Gasteiger charge is -2.18. The number of benzene rings is 1. The smallest absolute Gasteiger partial charge is 0.321 e. The highest BCUT2D eigenvalue weighted by Gasteiger charge is 2.16. The standard InChI is InChI=1S/C14H15BrFN3O2/c1-8-11(9(2)21-18-8)7-19(3)14(20)17-13-5-4-10(16)6-12(13)15/h4-6H,7H2,1-3H3,(H,17,20). The molecule has 1 aromatic heterocycles. The monoisotopic (exact) mass is 355 g/mol. The van der Waals surface area contributed by atoms with Gasteiger partial charge in [-0.2, -0.15) is 0 Å². The lowest BCUT2D eigenvalue weighted by atomic mass is 10.2. The molecule has 0 aliphatic rings. The van der Waals surface area contributed by atoms with Gasteiger partial charge in [-0.05, 0) is 48.0 Å². The minimum atomic E-state index is -0.371. The molecule has 2 rings (SSSR count). The first-order valence-electron chi connectivity index (χ1n) is 6.27. The van der Waals surface area contributed by atoms with E-state index in [-0.39, 0.29) is 11.8 Å². The van der Waals surface area contributed by atoms with Crippen molar-refractivity contribution < 1.29 is 13.7 Å². The summed E-state index contributed by atoms with van der Waals surface area (Å²) in [7, 11) is 1.67. The Morgan fingerprint density at radius 1 is 1.48 bits per heavy atom. The number of carbonyl (C=O) groups is 1. The summed E-state index contributed by atoms with van der Waals surface area (Å²) >= 11 is 3.21. The fraction of sp³-hybridized carbons (Fsp3) is 0.286. The van der Waals surface area contributed by atoms with E-state index >= 15 is 0 Å². The highest BCUT2D eigenvalue weighted by atomic mass is 79.9. The number of hydrogen-bond donors (Lipinski definition) is 1. The molecular weight excluding hydrogens is 341 g/mol. The van der Waals surface area contributed by atoms with Crippen molar-refractivity contribution in [2.24, 2.45) is 0 Å². The molecule has 21 heavy (non-hydrogen) atoms. The Morgan fingerprint density at radius 2 is 2.19 bits per heavy atom. The van der Waals surface area contributed by atoms with Crippen LogP contribution in [0.2, 0.25) is 0 Å². The maximum absolute atomic E-state index is 13.0. The van der Waals surface area contributed by atoms with Crippen LogP contribution in [0.4, 0.5) is 14.9 Å². The van der Waals surface area contributed by atoms with Gasteiger partial charge in [0.05, 0.1) is 17.9 Å². The van der Waals surface area contributed by atoms with Crippen molar-refractivity contribution in [3.63, 3.8) is 0 Å². The third-order valence-corrected chi connectivity index (χ3v) is 3.75. The van der Waals surface area contributed by atoms with E-state index in [4.69, 9.17) is 4.52 Å². The second-order valence-electron chi connectivity index (χ2n) is 4.71. The molecule has 0 bridgehead atoms. The maximum atomic E-state index is 13.0. The van der Waals surface area contributed by atoms with Gasteiger partial charge in [-0.25, -0.2) is 9.18 Å². The second-order valence-corrected chi connectivity index (χ2v) is 5.57. The van der Waals surface area contributed by atoms with Crippen LogP contribution in [0.1, 0.15) is 17.0 Å². The van der Waals surface area contributed by atoms with Crippen LogP contribution in [0.15, 0.2) is 27.2 Å². The molecule has 0 atom stereocenters. The first-order valence-corrected chi connectivity index (χ1v) is 7.06. The Labute approximate surface area is 130 Å². The van der Waals surface area contributed by atoms with Crippen LogP contribution in [0.25, 0.3) is 0 Å². The van der Waals surface area contributed by atoms with E-state index in [1.165, 1.54) is 23.1 Å². The lowest BCUT2D eigenvalue weighted by molar-refractivity contribution is 0.220. The van der Waals surface area contributed by atoms with Gasteiger partial charge in [-0.3, -0.25) is 0 Å². The number of nitrogens with one attached hydrogen (secondary N) is 1. The fourth-order valence-electron chi connectivity index (χ4n) is 1.84. The van der Waals surface area contributed by atoms with Gasteiger partial charge < -0.3 is 14.7 Å². The molecule has 1 aromatic carbocycles. The van der Waals surface area contributed by atoms with Gasteiger partial charge in [-0.15, -0.1) is 0 Å². The molecule has 0 saturated heterocycles. The topological polar surface area (TPSA) is 58.4 Å². The second kappa shape index (κ2) is 6.26. The molecule has 0 aliphatic heterocycles. The molecule has 0 saturated carbocycles. The largest absolute Gasteiger partial charge is 0.361 e. The first-order chi connectivity index (χ1) is 9.88. The fourth-order valence-corrected chi connectivity index (χ4v) is 2.29. The molecule has 0 fully saturated rings. The van der Waals surface area contributed by atoms with E-state index in [2.05, 4.69) is 26.4 Å². The molecule has 0 aliphatic carbocycles. The molecule has 1 N–H and O–H groups in total. The quantitative estimate of drug-likeness (QED) is 0.909. The lowest BCUT2D eigenvalue weighted by Crippen LogP contribution is -2.31. The van der Waals surface area contributed by atoms with Gasteiger partial charge in [0.1, 0.15) is 11.6 Å². The summed E-state index contributed by atoms with van der Waals surface area (Å²) in [6.07, 6.45) is 0.